The molecule has 0 amide bonds. The van der Waals surface area contributed by atoms with Crippen molar-refractivity contribution in [2.45, 2.75) is 56.7 Å². The first-order chi connectivity index (χ1) is 10.6. The van der Waals surface area contributed by atoms with Gasteiger partial charge in [-0.1, -0.05) is 19.1 Å². The normalized spacial score (nSPS) is 15.7. The number of ether oxygens (including phenoxy) is 1. The molecule has 6 heteroatoms. The van der Waals surface area contributed by atoms with Gasteiger partial charge in [-0.05, 0) is 58.1 Å². The highest BCUT2D eigenvalue weighted by atomic mass is 32.2. The summed E-state index contributed by atoms with van der Waals surface area (Å²) in [6.45, 7) is 11.4. The van der Waals surface area contributed by atoms with Crippen LogP contribution < -0.4 is 4.72 Å². The zero-order chi connectivity index (χ0) is 17.7. The van der Waals surface area contributed by atoms with Crippen molar-refractivity contribution in [3.8, 4) is 0 Å². The summed E-state index contributed by atoms with van der Waals surface area (Å²) in [5, 5.41) is 0. The summed E-state index contributed by atoms with van der Waals surface area (Å²) in [7, 11) is -1.40. The fourth-order valence-electron chi connectivity index (χ4n) is 1.88. The van der Waals surface area contributed by atoms with Gasteiger partial charge < -0.3 is 4.74 Å². The predicted molar refractivity (Wildman–Crippen MR) is 97.9 cm³/mol. The maximum Gasteiger partial charge on any atom is 0.331 e. The Morgan fingerprint density at radius 1 is 1.17 bits per heavy atom. The van der Waals surface area contributed by atoms with Gasteiger partial charge in [-0.3, -0.25) is 0 Å². The van der Waals surface area contributed by atoms with Crippen LogP contribution in [0, 0.1) is 0 Å². The molecular formula is C17H27NO3S2. The van der Waals surface area contributed by atoms with Gasteiger partial charge in [-0.15, -0.1) is 11.8 Å². The van der Waals surface area contributed by atoms with Gasteiger partial charge in [0.2, 0.25) is 0 Å². The first-order valence-corrected chi connectivity index (χ1v) is 9.89. The van der Waals surface area contributed by atoms with E-state index in [0.717, 1.165) is 16.2 Å². The topological polar surface area (TPSA) is 55.4 Å². The van der Waals surface area contributed by atoms with Crippen molar-refractivity contribution in [1.29, 1.82) is 0 Å². The van der Waals surface area contributed by atoms with Crippen molar-refractivity contribution < 1.29 is 13.7 Å². The van der Waals surface area contributed by atoms with Crippen molar-refractivity contribution in [2.24, 2.45) is 0 Å². The molecule has 0 fully saturated rings. The van der Waals surface area contributed by atoms with E-state index in [1.54, 1.807) is 25.6 Å². The highest BCUT2D eigenvalue weighted by Gasteiger charge is 2.40. The summed E-state index contributed by atoms with van der Waals surface area (Å²) in [5.41, 5.74) is -0.405. The maximum atomic E-state index is 12.5. The first kappa shape index (κ1) is 20.2. The van der Waals surface area contributed by atoms with E-state index in [9.17, 15) is 9.00 Å². The molecule has 0 unspecified atom stereocenters. The molecule has 0 spiro atoms. The Bertz CT molecular complexity index is 552. The maximum absolute atomic E-state index is 12.5. The van der Waals surface area contributed by atoms with E-state index < -0.39 is 27.2 Å². The van der Waals surface area contributed by atoms with E-state index in [1.165, 1.54) is 0 Å². The average Bonchev–Trinajstić information content (AvgIpc) is 2.47. The van der Waals surface area contributed by atoms with Crippen LogP contribution in [0.15, 0.2) is 29.2 Å². The van der Waals surface area contributed by atoms with Gasteiger partial charge in [-0.25, -0.2) is 13.7 Å². The van der Waals surface area contributed by atoms with Crippen molar-refractivity contribution in [3.63, 3.8) is 0 Å². The lowest BCUT2D eigenvalue weighted by molar-refractivity contribution is -0.150. The molecule has 0 heterocycles. The molecular weight excluding hydrogens is 330 g/mol. The van der Waals surface area contributed by atoms with Gasteiger partial charge in [0.25, 0.3) is 0 Å². The zero-order valence-electron chi connectivity index (χ0n) is 14.8. The number of esters is 1. The fraction of sp³-hybridized carbons (Fsp3) is 0.588. The van der Waals surface area contributed by atoms with Crippen LogP contribution in [-0.4, -0.2) is 27.3 Å². The van der Waals surface area contributed by atoms with E-state index in [4.69, 9.17) is 4.74 Å². The minimum Gasteiger partial charge on any atom is -0.464 e. The molecule has 1 aromatic carbocycles. The molecule has 1 rings (SSSR count). The predicted octanol–water partition coefficient (Wildman–Crippen LogP) is 3.63. The molecule has 0 aliphatic heterocycles. The number of hydrogen-bond donors (Lipinski definition) is 1. The Morgan fingerprint density at radius 2 is 1.74 bits per heavy atom. The Kier molecular flexibility index (Phi) is 7.29. The number of thioether (sulfide) groups is 1. The summed E-state index contributed by atoms with van der Waals surface area (Å²) >= 11 is 1.73. The SMILES string of the molecule is CCOC(=O)[C@](C)(N[S@](=O)C(C)(C)C)c1ccc(SCC)cc1. The second-order valence-corrected chi connectivity index (χ2v) is 9.59. The summed E-state index contributed by atoms with van der Waals surface area (Å²) < 4.78 is 20.2. The second-order valence-electron chi connectivity index (χ2n) is 6.29. The lowest BCUT2D eigenvalue weighted by Crippen LogP contribution is -2.51. The van der Waals surface area contributed by atoms with Crippen LogP contribution in [0.5, 0.6) is 0 Å². The number of carbonyl (C=O) groups is 1. The quantitative estimate of drug-likeness (QED) is 0.598. The number of nitrogens with one attached hydrogen (secondary N) is 1. The van der Waals surface area contributed by atoms with Gasteiger partial charge in [0, 0.05) is 4.90 Å². The van der Waals surface area contributed by atoms with Gasteiger partial charge in [0.1, 0.15) is 0 Å². The number of rotatable bonds is 7. The molecule has 0 aliphatic rings. The Balaban J connectivity index is 3.18. The molecule has 0 radical (unpaired) electrons. The van der Waals surface area contributed by atoms with Crippen LogP contribution in [0.25, 0.3) is 0 Å². The summed E-state index contributed by atoms with van der Waals surface area (Å²) in [6.07, 6.45) is 0. The van der Waals surface area contributed by atoms with Crippen LogP contribution in [0.4, 0.5) is 0 Å². The Hall–Kier alpha value is -0.850. The molecule has 23 heavy (non-hydrogen) atoms. The average molecular weight is 358 g/mol. The largest absolute Gasteiger partial charge is 0.464 e. The van der Waals surface area contributed by atoms with Gasteiger partial charge in [0.05, 0.1) is 22.3 Å². The van der Waals surface area contributed by atoms with Crippen LogP contribution in [0.2, 0.25) is 0 Å². The second kappa shape index (κ2) is 8.31. The molecule has 0 bridgehead atoms. The van der Waals surface area contributed by atoms with E-state index in [1.807, 2.05) is 45.0 Å². The van der Waals surface area contributed by atoms with E-state index in [2.05, 4.69) is 11.6 Å². The van der Waals surface area contributed by atoms with E-state index in [-0.39, 0.29) is 6.61 Å². The molecule has 0 aromatic heterocycles. The van der Waals surface area contributed by atoms with E-state index in [0.29, 0.717) is 0 Å². The Morgan fingerprint density at radius 3 is 2.17 bits per heavy atom. The molecule has 0 saturated heterocycles. The smallest absolute Gasteiger partial charge is 0.331 e. The van der Waals surface area contributed by atoms with Crippen molar-refractivity contribution >= 4 is 28.7 Å². The minimum absolute atomic E-state index is 0.280. The number of hydrogen-bond acceptors (Lipinski definition) is 4. The molecule has 2 atom stereocenters. The third kappa shape index (κ3) is 5.33. The standard InChI is InChI=1S/C17H27NO3S2/c1-7-21-15(19)17(6,18-23(20)16(3,4)5)13-9-11-14(12-10-13)22-8-2/h9-12,18H,7-8H2,1-6H3/t17-,23-/m1/s1. The summed E-state index contributed by atoms with van der Waals surface area (Å²) in [4.78, 5) is 13.7. The minimum atomic E-state index is -1.40. The molecule has 0 aliphatic carbocycles. The molecule has 4 nitrogen and oxygen atoms in total. The molecule has 0 saturated carbocycles. The molecule has 1 aromatic rings. The Labute approximate surface area is 146 Å². The fourth-order valence-corrected chi connectivity index (χ4v) is 3.42. The van der Waals surface area contributed by atoms with Crippen LogP contribution >= 0.6 is 11.8 Å². The van der Waals surface area contributed by atoms with Crippen LogP contribution in [0.1, 0.15) is 47.1 Å². The van der Waals surface area contributed by atoms with Crippen molar-refractivity contribution in [2.75, 3.05) is 12.4 Å². The monoisotopic (exact) mass is 357 g/mol. The third-order valence-corrected chi connectivity index (χ3v) is 5.88. The highest BCUT2D eigenvalue weighted by Crippen LogP contribution is 2.28. The summed E-state index contributed by atoms with van der Waals surface area (Å²) in [6, 6.07) is 7.73. The van der Waals surface area contributed by atoms with E-state index >= 15 is 0 Å². The zero-order valence-corrected chi connectivity index (χ0v) is 16.4. The number of carbonyl (C=O) groups excluding carboxylic acids is 1. The van der Waals surface area contributed by atoms with Crippen LogP contribution in [-0.2, 0) is 26.1 Å². The molecule has 1 N–H and O–H groups in total. The number of benzene rings is 1. The van der Waals surface area contributed by atoms with Gasteiger partial charge >= 0.3 is 5.97 Å². The third-order valence-electron chi connectivity index (χ3n) is 3.28. The summed E-state index contributed by atoms with van der Waals surface area (Å²) in [5.74, 6) is 0.564. The van der Waals surface area contributed by atoms with Gasteiger partial charge in [0.15, 0.2) is 5.54 Å². The van der Waals surface area contributed by atoms with Gasteiger partial charge in [-0.2, -0.15) is 0 Å². The highest BCUT2D eigenvalue weighted by molar-refractivity contribution is 7.99. The van der Waals surface area contributed by atoms with Crippen molar-refractivity contribution in [1.82, 2.24) is 4.72 Å². The van der Waals surface area contributed by atoms with Crippen LogP contribution in [0.3, 0.4) is 0 Å². The lowest BCUT2D eigenvalue weighted by atomic mass is 9.93. The van der Waals surface area contributed by atoms with Crippen molar-refractivity contribution in [3.05, 3.63) is 29.8 Å². The molecule has 130 valence electrons. The lowest BCUT2D eigenvalue weighted by Gasteiger charge is -2.31. The first-order valence-electron chi connectivity index (χ1n) is 7.75.